The summed E-state index contributed by atoms with van der Waals surface area (Å²) < 4.78 is 32.5. The first kappa shape index (κ1) is 24.6. The van der Waals surface area contributed by atoms with Gasteiger partial charge in [0, 0.05) is 30.2 Å². The van der Waals surface area contributed by atoms with Gasteiger partial charge in [0.15, 0.2) is 0 Å². The first-order valence-corrected chi connectivity index (χ1v) is 13.5. The Bertz CT molecular complexity index is 1190. The van der Waals surface area contributed by atoms with Gasteiger partial charge in [-0.15, -0.1) is 0 Å². The van der Waals surface area contributed by atoms with E-state index in [4.69, 9.17) is 0 Å². The first-order valence-electron chi connectivity index (χ1n) is 12.1. The summed E-state index contributed by atoms with van der Waals surface area (Å²) in [6.07, 6.45) is 4.09. The van der Waals surface area contributed by atoms with Gasteiger partial charge < -0.3 is 9.04 Å². The van der Waals surface area contributed by atoms with E-state index in [0.717, 1.165) is 5.56 Å². The first-order chi connectivity index (χ1) is 16.1. The van der Waals surface area contributed by atoms with E-state index in [1.54, 1.807) is 17.7 Å². The molecule has 4 nitrogen and oxygen atoms in total. The molecule has 3 aliphatic rings. The maximum absolute atomic E-state index is 10.4. The van der Waals surface area contributed by atoms with Gasteiger partial charge in [0.05, 0.1) is 24.5 Å². The molecule has 0 aromatic heterocycles. The van der Waals surface area contributed by atoms with E-state index in [1.165, 1.54) is 78.7 Å². The van der Waals surface area contributed by atoms with Gasteiger partial charge in [0.1, 0.15) is 16.7 Å². The third-order valence-corrected chi connectivity index (χ3v) is 8.55. The Balaban J connectivity index is 0.000000210. The van der Waals surface area contributed by atoms with Crippen molar-refractivity contribution in [2.24, 2.45) is 0 Å². The van der Waals surface area contributed by atoms with Gasteiger partial charge in [-0.25, -0.2) is 8.42 Å². The summed E-state index contributed by atoms with van der Waals surface area (Å²) in [5.74, 6) is 0. The van der Waals surface area contributed by atoms with Crippen LogP contribution in [0.4, 0.5) is 0 Å². The minimum atomic E-state index is -4.27. The molecule has 3 saturated heterocycles. The zero-order chi connectivity index (χ0) is 24.4. The molecule has 3 aromatic carbocycles. The minimum Gasteiger partial charge on any atom is -0.744 e. The number of aryl methyl sites for hydroxylation is 3. The largest absolute Gasteiger partial charge is 0.744 e. The molecule has 3 aliphatic heterocycles. The summed E-state index contributed by atoms with van der Waals surface area (Å²) in [6.45, 7) is 11.6. The van der Waals surface area contributed by atoms with Crippen LogP contribution in [0.15, 0.2) is 77.7 Å². The molecule has 3 aromatic rings. The average molecular weight is 478 g/mol. The van der Waals surface area contributed by atoms with Crippen molar-refractivity contribution in [2.75, 3.05) is 19.6 Å². The van der Waals surface area contributed by atoms with Crippen molar-refractivity contribution in [1.82, 2.24) is 0 Å². The van der Waals surface area contributed by atoms with Crippen LogP contribution < -0.4 is 0 Å². The highest BCUT2D eigenvalue weighted by atomic mass is 32.2. The lowest BCUT2D eigenvalue weighted by molar-refractivity contribution is -0.955. The van der Waals surface area contributed by atoms with Crippen molar-refractivity contribution in [3.8, 4) is 0 Å². The van der Waals surface area contributed by atoms with Crippen LogP contribution in [0, 0.1) is 20.8 Å². The lowest BCUT2D eigenvalue weighted by Gasteiger charge is -2.55. The summed E-state index contributed by atoms with van der Waals surface area (Å²) in [6, 6.07) is 24.1. The summed E-state index contributed by atoms with van der Waals surface area (Å²) >= 11 is 0. The van der Waals surface area contributed by atoms with Gasteiger partial charge in [-0.3, -0.25) is 0 Å². The molecule has 0 N–H and O–H groups in total. The maximum Gasteiger partial charge on any atom is 0.124 e. The van der Waals surface area contributed by atoms with Crippen LogP contribution in [0.3, 0.4) is 0 Å². The molecule has 5 heteroatoms. The molecular formula is C29H35NO3S. The predicted octanol–water partition coefficient (Wildman–Crippen LogP) is 5.65. The molecule has 0 spiro atoms. The fraction of sp³-hybridized carbons (Fsp3) is 0.379. The third-order valence-electron chi connectivity index (χ3n) is 7.70. The fourth-order valence-electron chi connectivity index (χ4n) is 5.69. The standard InChI is InChI=1S/C22H28N.C7H8O3S/c1-18-14-19(2)16-21(15-18)22-8-11-23(12-9-22,13-10-22)17-20-6-4-3-5-7-20;1-6-2-4-7(5-3-6)11(8,9)10/h3-7,14-16H,8-13,17H2,1-2H3;2-5H,1H3,(H,8,9,10)/q+1;/p-1. The van der Waals surface area contributed by atoms with E-state index in [0.29, 0.717) is 5.41 Å². The topological polar surface area (TPSA) is 57.2 Å². The van der Waals surface area contributed by atoms with Crippen molar-refractivity contribution in [3.05, 3.63) is 101 Å². The van der Waals surface area contributed by atoms with Crippen molar-refractivity contribution >= 4 is 10.1 Å². The highest BCUT2D eigenvalue weighted by molar-refractivity contribution is 7.85. The van der Waals surface area contributed by atoms with E-state index in [2.05, 4.69) is 62.4 Å². The van der Waals surface area contributed by atoms with Crippen LogP contribution in [-0.4, -0.2) is 37.1 Å². The lowest BCUT2D eigenvalue weighted by Crippen LogP contribution is -2.62. The van der Waals surface area contributed by atoms with Crippen LogP contribution in [0.1, 0.15) is 47.1 Å². The predicted molar refractivity (Wildman–Crippen MR) is 136 cm³/mol. The lowest BCUT2D eigenvalue weighted by atomic mass is 9.66. The van der Waals surface area contributed by atoms with E-state index >= 15 is 0 Å². The number of benzene rings is 3. The highest BCUT2D eigenvalue weighted by Gasteiger charge is 2.49. The Labute approximate surface area is 204 Å². The Kier molecular flexibility index (Phi) is 6.99. The second kappa shape index (κ2) is 9.65. The Morgan fingerprint density at radius 2 is 1.29 bits per heavy atom. The van der Waals surface area contributed by atoms with Crippen molar-refractivity contribution in [3.63, 3.8) is 0 Å². The molecule has 3 fully saturated rings. The van der Waals surface area contributed by atoms with Gasteiger partial charge in [-0.2, -0.15) is 0 Å². The third kappa shape index (κ3) is 5.60. The number of rotatable bonds is 4. The number of piperidine rings is 3. The van der Waals surface area contributed by atoms with Gasteiger partial charge in [0.2, 0.25) is 0 Å². The number of nitrogens with zero attached hydrogens (tertiary/aromatic N) is 1. The summed E-state index contributed by atoms with van der Waals surface area (Å²) in [5.41, 5.74) is 7.37. The second-order valence-electron chi connectivity index (χ2n) is 10.3. The minimum absolute atomic E-state index is 0.178. The van der Waals surface area contributed by atoms with Crippen LogP contribution >= 0.6 is 0 Å². The summed E-state index contributed by atoms with van der Waals surface area (Å²) in [7, 11) is -4.27. The van der Waals surface area contributed by atoms with Gasteiger partial charge >= 0.3 is 0 Å². The van der Waals surface area contributed by atoms with Crippen LogP contribution in [0.5, 0.6) is 0 Å². The molecule has 0 amide bonds. The zero-order valence-corrected chi connectivity index (χ0v) is 21.3. The zero-order valence-electron chi connectivity index (χ0n) is 20.5. The van der Waals surface area contributed by atoms with E-state index in [-0.39, 0.29) is 4.90 Å². The molecule has 0 radical (unpaired) electrons. The van der Waals surface area contributed by atoms with Crippen molar-refractivity contribution in [1.29, 1.82) is 0 Å². The number of hydrogen-bond donors (Lipinski definition) is 0. The molecule has 3 heterocycles. The van der Waals surface area contributed by atoms with Crippen molar-refractivity contribution in [2.45, 2.75) is 56.9 Å². The number of hydrogen-bond acceptors (Lipinski definition) is 3. The molecule has 0 saturated carbocycles. The molecule has 34 heavy (non-hydrogen) atoms. The molecule has 0 aliphatic carbocycles. The Hall–Kier alpha value is -2.47. The monoisotopic (exact) mass is 477 g/mol. The molecular weight excluding hydrogens is 442 g/mol. The smallest absolute Gasteiger partial charge is 0.124 e. The number of fused-ring (bicyclic) bond motifs is 3. The van der Waals surface area contributed by atoms with Crippen LogP contribution in [0.2, 0.25) is 0 Å². The highest BCUT2D eigenvalue weighted by Crippen LogP contribution is 2.47. The van der Waals surface area contributed by atoms with E-state index < -0.39 is 10.1 Å². The van der Waals surface area contributed by atoms with E-state index in [9.17, 15) is 13.0 Å². The Morgan fingerprint density at radius 1 is 0.765 bits per heavy atom. The molecule has 6 rings (SSSR count). The fourth-order valence-corrected chi connectivity index (χ4v) is 6.16. The summed E-state index contributed by atoms with van der Waals surface area (Å²) in [4.78, 5) is -0.178. The second-order valence-corrected chi connectivity index (χ2v) is 11.7. The molecule has 180 valence electrons. The summed E-state index contributed by atoms with van der Waals surface area (Å²) in [5, 5.41) is 0. The normalized spacial score (nSPS) is 23.8. The maximum atomic E-state index is 10.4. The quantitative estimate of drug-likeness (QED) is 0.360. The number of quaternary nitrogens is 1. The Morgan fingerprint density at radius 3 is 1.79 bits per heavy atom. The molecule has 0 unspecified atom stereocenters. The van der Waals surface area contributed by atoms with Gasteiger partial charge in [-0.1, -0.05) is 77.4 Å². The van der Waals surface area contributed by atoms with E-state index in [1.807, 2.05) is 6.92 Å². The average Bonchev–Trinajstić information content (AvgIpc) is 2.80. The van der Waals surface area contributed by atoms with Crippen molar-refractivity contribution < 1.29 is 17.5 Å². The molecule has 0 atom stereocenters. The molecule has 2 bridgehead atoms. The van der Waals surface area contributed by atoms with Gasteiger partial charge in [0.25, 0.3) is 0 Å². The van der Waals surface area contributed by atoms with Gasteiger partial charge in [-0.05, 0) is 38.5 Å². The SMILES string of the molecule is Cc1cc(C)cc(C23CC[N+](Cc4ccccc4)(CC2)CC3)c1.Cc1ccc(S(=O)(=O)[O-])cc1. The van der Waals surface area contributed by atoms with Crippen LogP contribution in [-0.2, 0) is 22.1 Å². The van der Waals surface area contributed by atoms with Crippen LogP contribution in [0.25, 0.3) is 0 Å².